The van der Waals surface area contributed by atoms with Gasteiger partial charge in [0.15, 0.2) is 0 Å². The summed E-state index contributed by atoms with van der Waals surface area (Å²) >= 11 is 0. The fourth-order valence-corrected chi connectivity index (χ4v) is 3.85. The Morgan fingerprint density at radius 2 is 2.14 bits per heavy atom. The van der Waals surface area contributed by atoms with Gasteiger partial charge in [-0.3, -0.25) is 14.5 Å². The highest BCUT2D eigenvalue weighted by Crippen LogP contribution is 2.28. The number of hydrogen-bond donors (Lipinski definition) is 1. The SMILES string of the molecule is S.S.[C-]#[N+][C@@H]1CCCN1C(=O)[C@@H](C)Cc1c[nH]c2ccc(OS(C)(=O)=O)cc12. The summed E-state index contributed by atoms with van der Waals surface area (Å²) in [5.74, 6) is -0.0373. The maximum absolute atomic E-state index is 12.7. The smallest absolute Gasteiger partial charge is 0.306 e. The Balaban J connectivity index is 0.00000196. The van der Waals surface area contributed by atoms with Crippen molar-refractivity contribution in [2.45, 2.75) is 32.4 Å². The molecule has 0 spiro atoms. The molecule has 1 N–H and O–H groups in total. The molecule has 154 valence electrons. The number of aromatic nitrogens is 1. The van der Waals surface area contributed by atoms with Crippen molar-refractivity contribution in [1.29, 1.82) is 0 Å². The number of benzene rings is 1. The fraction of sp³-hybridized carbons (Fsp3) is 0.444. The lowest BCUT2D eigenvalue weighted by molar-refractivity contribution is -0.135. The Hall–Kier alpha value is -1.83. The molecule has 1 aliphatic rings. The van der Waals surface area contributed by atoms with E-state index in [1.54, 1.807) is 23.1 Å². The Morgan fingerprint density at radius 3 is 2.79 bits per heavy atom. The van der Waals surface area contributed by atoms with Crippen LogP contribution < -0.4 is 4.18 Å². The molecule has 0 aliphatic carbocycles. The van der Waals surface area contributed by atoms with Gasteiger partial charge in [-0.25, -0.2) is 6.57 Å². The van der Waals surface area contributed by atoms with E-state index in [4.69, 9.17) is 10.8 Å². The van der Waals surface area contributed by atoms with Gasteiger partial charge >= 0.3 is 16.3 Å². The van der Waals surface area contributed by atoms with E-state index in [0.717, 1.165) is 35.6 Å². The van der Waals surface area contributed by atoms with E-state index in [1.807, 2.05) is 13.1 Å². The van der Waals surface area contributed by atoms with Gasteiger partial charge < -0.3 is 9.17 Å². The zero-order valence-electron chi connectivity index (χ0n) is 15.7. The Labute approximate surface area is 179 Å². The highest BCUT2D eigenvalue weighted by molar-refractivity contribution is 7.86. The van der Waals surface area contributed by atoms with Crippen LogP contribution in [-0.2, 0) is 21.3 Å². The molecule has 2 aromatic rings. The van der Waals surface area contributed by atoms with Crippen molar-refractivity contribution in [1.82, 2.24) is 9.88 Å². The predicted molar refractivity (Wildman–Crippen MR) is 119 cm³/mol. The highest BCUT2D eigenvalue weighted by atomic mass is 32.2. The summed E-state index contributed by atoms with van der Waals surface area (Å²) in [5.41, 5.74) is 1.76. The second-order valence-electron chi connectivity index (χ2n) is 6.70. The maximum Gasteiger partial charge on any atom is 0.306 e. The number of hydrogen-bond acceptors (Lipinski definition) is 4. The second kappa shape index (κ2) is 9.58. The molecular weight excluding hydrogens is 418 g/mol. The first-order chi connectivity index (χ1) is 12.3. The Bertz CT molecular complexity index is 982. The monoisotopic (exact) mass is 443 g/mol. The Morgan fingerprint density at radius 1 is 1.43 bits per heavy atom. The summed E-state index contributed by atoms with van der Waals surface area (Å²) in [6.07, 6.45) is 4.59. The van der Waals surface area contributed by atoms with Crippen molar-refractivity contribution < 1.29 is 17.4 Å². The molecule has 1 aliphatic heterocycles. The van der Waals surface area contributed by atoms with Crippen molar-refractivity contribution in [3.63, 3.8) is 0 Å². The van der Waals surface area contributed by atoms with Crippen molar-refractivity contribution in [3.8, 4) is 5.75 Å². The number of nitrogens with one attached hydrogen (secondary N) is 1. The lowest BCUT2D eigenvalue weighted by Crippen LogP contribution is -2.38. The number of carbonyl (C=O) groups excluding carboxylic acids is 1. The average molecular weight is 444 g/mol. The molecule has 7 nitrogen and oxygen atoms in total. The number of fused-ring (bicyclic) bond motifs is 1. The molecule has 0 radical (unpaired) electrons. The van der Waals surface area contributed by atoms with E-state index in [2.05, 4.69) is 9.83 Å². The van der Waals surface area contributed by atoms with Crippen LogP contribution >= 0.6 is 27.0 Å². The molecule has 10 heteroatoms. The van der Waals surface area contributed by atoms with Crippen LogP contribution in [0.4, 0.5) is 0 Å². The van der Waals surface area contributed by atoms with Crippen molar-refractivity contribution in [2.24, 2.45) is 5.92 Å². The lowest BCUT2D eigenvalue weighted by atomic mass is 9.99. The lowest BCUT2D eigenvalue weighted by Gasteiger charge is -2.20. The van der Waals surface area contributed by atoms with E-state index >= 15 is 0 Å². The second-order valence-corrected chi connectivity index (χ2v) is 8.27. The van der Waals surface area contributed by atoms with Gasteiger partial charge in [0.1, 0.15) is 5.75 Å². The predicted octanol–water partition coefficient (Wildman–Crippen LogP) is 2.78. The molecule has 1 saturated heterocycles. The van der Waals surface area contributed by atoms with Gasteiger partial charge in [-0.1, -0.05) is 6.92 Å². The Kier molecular flexibility index (Phi) is 8.29. The molecule has 3 rings (SSSR count). The van der Waals surface area contributed by atoms with Gasteiger partial charge in [-0.2, -0.15) is 35.4 Å². The van der Waals surface area contributed by atoms with Crippen molar-refractivity contribution in [2.75, 3.05) is 12.8 Å². The van der Waals surface area contributed by atoms with E-state index in [9.17, 15) is 13.2 Å². The van der Waals surface area contributed by atoms with Crippen LogP contribution in [0.3, 0.4) is 0 Å². The van der Waals surface area contributed by atoms with E-state index < -0.39 is 10.1 Å². The van der Waals surface area contributed by atoms with Crippen LogP contribution in [0.15, 0.2) is 24.4 Å². The first-order valence-electron chi connectivity index (χ1n) is 8.45. The molecule has 1 aromatic carbocycles. The molecule has 0 bridgehead atoms. The molecule has 0 saturated carbocycles. The van der Waals surface area contributed by atoms with E-state index in [1.165, 1.54) is 0 Å². The number of aromatic amines is 1. The molecule has 2 atom stereocenters. The van der Waals surface area contributed by atoms with Crippen molar-refractivity contribution in [3.05, 3.63) is 41.4 Å². The minimum atomic E-state index is -3.60. The normalized spacial score (nSPS) is 17.3. The summed E-state index contributed by atoms with van der Waals surface area (Å²) < 4.78 is 27.6. The van der Waals surface area contributed by atoms with Crippen LogP contribution in [-0.4, -0.2) is 43.2 Å². The third kappa shape index (κ3) is 5.37. The number of rotatable bonds is 5. The summed E-state index contributed by atoms with van der Waals surface area (Å²) in [5, 5.41) is 0.828. The summed E-state index contributed by atoms with van der Waals surface area (Å²) in [6, 6.07) is 5.00. The van der Waals surface area contributed by atoms with Gasteiger partial charge in [-0.15, -0.1) is 0 Å². The standard InChI is InChI=1S/C18H21N3O4S.2H2S/c1-12(18(22)21-8-4-5-17(21)19-2)9-13-11-20-16-7-6-14(10-15(13)16)25-26(3,23)24;;/h6-7,10-12,17,20H,4-5,8-9H2,1,3H3;2*1H2/t12-,17-;;/m0../s1. The third-order valence-electron chi connectivity index (χ3n) is 4.59. The number of carbonyl (C=O) groups is 1. The van der Waals surface area contributed by atoms with Crippen LogP contribution in [0.5, 0.6) is 5.75 Å². The highest BCUT2D eigenvalue weighted by Gasteiger charge is 2.35. The minimum Gasteiger partial charge on any atom is -0.383 e. The summed E-state index contributed by atoms with van der Waals surface area (Å²) in [6.45, 7) is 9.72. The first-order valence-corrected chi connectivity index (χ1v) is 10.3. The molecule has 1 fully saturated rings. The quantitative estimate of drug-likeness (QED) is 0.569. The number of likely N-dealkylation sites (tertiary alicyclic amines) is 1. The van der Waals surface area contributed by atoms with Gasteiger partial charge in [0.25, 0.3) is 0 Å². The van der Waals surface area contributed by atoms with E-state index in [-0.39, 0.29) is 50.7 Å². The van der Waals surface area contributed by atoms with Gasteiger partial charge in [0.2, 0.25) is 5.91 Å². The van der Waals surface area contributed by atoms with Crippen LogP contribution in [0.25, 0.3) is 15.7 Å². The largest absolute Gasteiger partial charge is 0.383 e. The molecular formula is C18H25N3O4S3. The number of nitrogens with zero attached hydrogens (tertiary/aromatic N) is 2. The molecule has 0 unspecified atom stereocenters. The maximum atomic E-state index is 12.7. The summed E-state index contributed by atoms with van der Waals surface area (Å²) in [4.78, 5) is 21.0. The third-order valence-corrected chi connectivity index (χ3v) is 5.08. The first kappa shape index (κ1) is 24.2. The fourth-order valence-electron chi connectivity index (χ4n) is 3.39. The number of H-pyrrole nitrogens is 1. The van der Waals surface area contributed by atoms with Crippen molar-refractivity contribution >= 4 is 53.9 Å². The minimum absolute atomic E-state index is 0. The molecule has 1 aromatic heterocycles. The topological polar surface area (TPSA) is 83.8 Å². The van der Waals surface area contributed by atoms with Crippen LogP contribution in [0.2, 0.25) is 0 Å². The number of amides is 1. The van der Waals surface area contributed by atoms with Gasteiger partial charge in [-0.05, 0) is 36.6 Å². The van der Waals surface area contributed by atoms with Crippen LogP contribution in [0, 0.1) is 12.5 Å². The average Bonchev–Trinajstić information content (AvgIpc) is 3.19. The van der Waals surface area contributed by atoms with Crippen LogP contribution in [0.1, 0.15) is 25.3 Å². The molecule has 2 heterocycles. The molecule has 1 amide bonds. The molecule has 28 heavy (non-hydrogen) atoms. The van der Waals surface area contributed by atoms with Gasteiger partial charge in [0.05, 0.1) is 6.26 Å². The van der Waals surface area contributed by atoms with Gasteiger partial charge in [0, 0.05) is 36.0 Å². The zero-order valence-corrected chi connectivity index (χ0v) is 18.5. The van der Waals surface area contributed by atoms with E-state index in [0.29, 0.717) is 13.0 Å². The zero-order chi connectivity index (χ0) is 18.9. The summed E-state index contributed by atoms with van der Waals surface area (Å²) in [7, 11) is -3.60.